The fourth-order valence-corrected chi connectivity index (χ4v) is 8.21. The number of ether oxygens (including phenoxy) is 3. The molecule has 0 rings (SSSR count). The molecule has 6 heteroatoms. The molecule has 0 aliphatic carbocycles. The van der Waals surface area contributed by atoms with E-state index in [4.69, 9.17) is 14.2 Å². The molecule has 0 aliphatic rings. The number of allylic oxidation sites excluding steroid dienone is 8. The Morgan fingerprint density at radius 2 is 0.545 bits per heavy atom. The van der Waals surface area contributed by atoms with Crippen molar-refractivity contribution in [1.82, 2.24) is 0 Å². The van der Waals surface area contributed by atoms with E-state index in [1.54, 1.807) is 0 Å². The molecule has 0 heterocycles. The van der Waals surface area contributed by atoms with Gasteiger partial charge >= 0.3 is 17.9 Å². The van der Waals surface area contributed by atoms with Crippen molar-refractivity contribution in [1.29, 1.82) is 0 Å². The molecule has 0 radical (unpaired) electrons. The molecule has 66 heavy (non-hydrogen) atoms. The van der Waals surface area contributed by atoms with Crippen molar-refractivity contribution in [2.45, 2.75) is 303 Å². The van der Waals surface area contributed by atoms with Gasteiger partial charge in [0.1, 0.15) is 13.2 Å². The summed E-state index contributed by atoms with van der Waals surface area (Å²) in [4.78, 5) is 37.8. The van der Waals surface area contributed by atoms with Crippen LogP contribution in [0.5, 0.6) is 0 Å². The number of rotatable bonds is 52. The summed E-state index contributed by atoms with van der Waals surface area (Å²) in [5.74, 6) is -0.885. The van der Waals surface area contributed by atoms with E-state index in [-0.39, 0.29) is 31.1 Å². The van der Waals surface area contributed by atoms with Crippen LogP contribution in [0.3, 0.4) is 0 Å². The highest BCUT2D eigenvalue weighted by Gasteiger charge is 2.19. The van der Waals surface area contributed by atoms with Gasteiger partial charge in [0.15, 0.2) is 6.10 Å². The summed E-state index contributed by atoms with van der Waals surface area (Å²) in [6.45, 7) is 6.56. The van der Waals surface area contributed by atoms with Crippen molar-refractivity contribution in [3.8, 4) is 0 Å². The zero-order valence-electron chi connectivity index (χ0n) is 44.0. The van der Waals surface area contributed by atoms with Crippen LogP contribution in [0.2, 0.25) is 0 Å². The molecule has 1 atom stereocenters. The molecule has 0 bridgehead atoms. The maximum absolute atomic E-state index is 12.7. The van der Waals surface area contributed by atoms with Gasteiger partial charge < -0.3 is 14.2 Å². The predicted octanol–water partition coefficient (Wildman–Crippen LogP) is 19.0. The second kappa shape index (κ2) is 55.0. The van der Waals surface area contributed by atoms with Gasteiger partial charge in [-0.2, -0.15) is 0 Å². The average Bonchev–Trinajstić information content (AvgIpc) is 3.31. The van der Waals surface area contributed by atoms with Crippen molar-refractivity contribution in [2.75, 3.05) is 13.2 Å². The van der Waals surface area contributed by atoms with Crippen LogP contribution in [0.1, 0.15) is 297 Å². The van der Waals surface area contributed by atoms with Crippen LogP contribution < -0.4 is 0 Å². The third-order valence-corrected chi connectivity index (χ3v) is 12.6. The normalized spacial score (nSPS) is 12.3. The van der Waals surface area contributed by atoms with Crippen LogP contribution in [0, 0.1) is 0 Å². The fourth-order valence-electron chi connectivity index (χ4n) is 8.21. The van der Waals surface area contributed by atoms with E-state index < -0.39 is 6.10 Å². The number of unbranched alkanes of at least 4 members (excludes halogenated alkanes) is 33. The van der Waals surface area contributed by atoms with Crippen LogP contribution in [0.15, 0.2) is 48.6 Å². The maximum Gasteiger partial charge on any atom is 0.306 e. The maximum atomic E-state index is 12.7. The third-order valence-electron chi connectivity index (χ3n) is 12.6. The Bertz CT molecular complexity index is 1150. The van der Waals surface area contributed by atoms with Crippen molar-refractivity contribution >= 4 is 17.9 Å². The number of hydrogen-bond donors (Lipinski definition) is 0. The van der Waals surface area contributed by atoms with Gasteiger partial charge in [-0.3, -0.25) is 14.4 Å². The molecule has 0 fully saturated rings. The van der Waals surface area contributed by atoms with E-state index in [0.29, 0.717) is 19.3 Å². The largest absolute Gasteiger partial charge is 0.462 e. The summed E-state index contributed by atoms with van der Waals surface area (Å²) in [5, 5.41) is 0. The van der Waals surface area contributed by atoms with Crippen LogP contribution >= 0.6 is 0 Å². The predicted molar refractivity (Wildman–Crippen MR) is 284 cm³/mol. The molecule has 0 aromatic heterocycles. The Kier molecular flexibility index (Phi) is 52.8. The van der Waals surface area contributed by atoms with E-state index >= 15 is 0 Å². The lowest BCUT2D eigenvalue weighted by atomic mass is 10.0. The molecule has 0 aliphatic heterocycles. The monoisotopic (exact) mass is 925 g/mol. The molecule has 384 valence electrons. The summed E-state index contributed by atoms with van der Waals surface area (Å²) >= 11 is 0. The van der Waals surface area contributed by atoms with Gasteiger partial charge in [0.05, 0.1) is 0 Å². The van der Waals surface area contributed by atoms with Gasteiger partial charge in [0.25, 0.3) is 0 Å². The molecule has 0 amide bonds. The minimum absolute atomic E-state index is 0.0745. The topological polar surface area (TPSA) is 78.9 Å². The number of carbonyl (C=O) groups excluding carboxylic acids is 3. The second-order valence-corrected chi connectivity index (χ2v) is 19.2. The second-order valence-electron chi connectivity index (χ2n) is 19.2. The molecule has 0 aromatic rings. The minimum Gasteiger partial charge on any atom is -0.462 e. The number of carbonyl (C=O) groups is 3. The summed E-state index contributed by atoms with van der Waals surface area (Å²) in [6, 6.07) is 0. The van der Waals surface area contributed by atoms with E-state index in [1.165, 1.54) is 180 Å². The molecule has 0 saturated heterocycles. The first-order valence-corrected chi connectivity index (χ1v) is 28.6. The lowest BCUT2D eigenvalue weighted by Gasteiger charge is -2.18. The Morgan fingerprint density at radius 1 is 0.303 bits per heavy atom. The summed E-state index contributed by atoms with van der Waals surface area (Å²) in [5.41, 5.74) is 0. The van der Waals surface area contributed by atoms with Crippen molar-refractivity contribution in [3.05, 3.63) is 48.6 Å². The zero-order chi connectivity index (χ0) is 47.9. The van der Waals surface area contributed by atoms with Crippen molar-refractivity contribution in [2.24, 2.45) is 0 Å². The molecular formula is C60H108O6. The molecule has 6 nitrogen and oxygen atoms in total. The average molecular weight is 926 g/mol. The van der Waals surface area contributed by atoms with E-state index in [2.05, 4.69) is 69.4 Å². The van der Waals surface area contributed by atoms with Crippen LogP contribution in [-0.4, -0.2) is 37.2 Å². The Balaban J connectivity index is 4.02. The van der Waals surface area contributed by atoms with Crippen LogP contribution in [-0.2, 0) is 28.6 Å². The first kappa shape index (κ1) is 63.4. The van der Waals surface area contributed by atoms with Gasteiger partial charge in [-0.05, 0) is 83.5 Å². The summed E-state index contributed by atoms with van der Waals surface area (Å²) < 4.78 is 16.7. The van der Waals surface area contributed by atoms with Crippen molar-refractivity contribution < 1.29 is 28.6 Å². The molecule has 0 saturated carbocycles. The minimum atomic E-state index is -0.772. The summed E-state index contributed by atoms with van der Waals surface area (Å²) in [7, 11) is 0. The first-order chi connectivity index (χ1) is 32.5. The lowest BCUT2D eigenvalue weighted by Crippen LogP contribution is -2.30. The quantitative estimate of drug-likeness (QED) is 0.0262. The highest BCUT2D eigenvalue weighted by molar-refractivity contribution is 5.71. The lowest BCUT2D eigenvalue weighted by molar-refractivity contribution is -0.167. The molecular weight excluding hydrogens is 817 g/mol. The number of esters is 3. The molecule has 0 aromatic carbocycles. The van der Waals surface area contributed by atoms with Gasteiger partial charge in [-0.25, -0.2) is 0 Å². The standard InChI is InChI=1S/C60H108O6/c1-4-7-10-13-16-18-20-22-23-24-25-26-27-28-29-30-31-32-33-34-35-36-37-39-40-42-44-47-50-53-59(62)65-56-57(55-64-58(61)52-49-46-15-12-9-6-3)66-60(63)54-51-48-45-43-41-38-21-19-17-14-11-8-5-2/h19-22,24-25,27-28,57H,4-18,23,26,29-56H2,1-3H3/b21-19-,22-20-,25-24-,28-27-. The van der Waals surface area contributed by atoms with E-state index in [9.17, 15) is 14.4 Å². The fraction of sp³-hybridized carbons (Fsp3) is 0.817. The van der Waals surface area contributed by atoms with Crippen LogP contribution in [0.25, 0.3) is 0 Å². The first-order valence-electron chi connectivity index (χ1n) is 28.6. The number of hydrogen-bond acceptors (Lipinski definition) is 6. The van der Waals surface area contributed by atoms with E-state index in [0.717, 1.165) is 77.0 Å². The van der Waals surface area contributed by atoms with Gasteiger partial charge in [0, 0.05) is 19.3 Å². The van der Waals surface area contributed by atoms with Gasteiger partial charge in [-0.15, -0.1) is 0 Å². The highest BCUT2D eigenvalue weighted by Crippen LogP contribution is 2.16. The van der Waals surface area contributed by atoms with Gasteiger partial charge in [0.2, 0.25) is 0 Å². The van der Waals surface area contributed by atoms with Crippen molar-refractivity contribution in [3.63, 3.8) is 0 Å². The zero-order valence-corrected chi connectivity index (χ0v) is 44.0. The molecule has 0 N–H and O–H groups in total. The Hall–Kier alpha value is -2.63. The summed E-state index contributed by atoms with van der Waals surface area (Å²) in [6.07, 6.45) is 67.2. The van der Waals surface area contributed by atoms with E-state index in [1.807, 2.05) is 0 Å². The van der Waals surface area contributed by atoms with Gasteiger partial charge in [-0.1, -0.05) is 243 Å². The molecule has 1 unspecified atom stereocenters. The highest BCUT2D eigenvalue weighted by atomic mass is 16.6. The molecule has 0 spiro atoms. The van der Waals surface area contributed by atoms with Crippen LogP contribution in [0.4, 0.5) is 0 Å². The Morgan fingerprint density at radius 3 is 0.879 bits per heavy atom. The SMILES string of the molecule is CCCCCC/C=C\CCCCCCCC(=O)OC(COC(=O)CCCCCCCC)COC(=O)CCCCCCCCCCCCCCCC/C=C\C/C=C\C/C=C\CCCCCCC. The smallest absolute Gasteiger partial charge is 0.306 e. The Labute approximate surface area is 409 Å². The third kappa shape index (κ3) is 52.3.